The van der Waals surface area contributed by atoms with Crippen molar-refractivity contribution in [2.45, 2.75) is 70.8 Å². The first-order chi connectivity index (χ1) is 7.46. The Labute approximate surface area is 96.0 Å². The summed E-state index contributed by atoms with van der Waals surface area (Å²) in [5.74, 6) is -4.69. The fourth-order valence-electron chi connectivity index (χ4n) is 1.52. The molecule has 0 bridgehead atoms. The Morgan fingerprint density at radius 3 is 2.31 bits per heavy atom. The summed E-state index contributed by atoms with van der Waals surface area (Å²) in [6.07, 6.45) is 1.69. The SMILES string of the molecule is CCCCCCC(=O)C(F)(F)C(O)CCC. The third-order valence-corrected chi connectivity index (χ3v) is 2.61. The second-order valence-electron chi connectivity index (χ2n) is 4.16. The van der Waals surface area contributed by atoms with Gasteiger partial charge in [0, 0.05) is 6.42 Å². The number of carbonyl (C=O) groups is 1. The third-order valence-electron chi connectivity index (χ3n) is 2.61. The second-order valence-corrected chi connectivity index (χ2v) is 4.16. The van der Waals surface area contributed by atoms with Crippen molar-refractivity contribution in [3.8, 4) is 0 Å². The van der Waals surface area contributed by atoms with Gasteiger partial charge in [0.15, 0.2) is 0 Å². The lowest BCUT2D eigenvalue weighted by Gasteiger charge is -2.20. The van der Waals surface area contributed by atoms with E-state index in [1.54, 1.807) is 6.92 Å². The highest BCUT2D eigenvalue weighted by Crippen LogP contribution is 2.25. The fraction of sp³-hybridized carbons (Fsp3) is 0.917. The van der Waals surface area contributed by atoms with Crippen LogP contribution in [-0.2, 0) is 4.79 Å². The monoisotopic (exact) mass is 236 g/mol. The first kappa shape index (κ1) is 15.5. The Bertz CT molecular complexity index is 205. The quantitative estimate of drug-likeness (QED) is 0.623. The molecule has 0 heterocycles. The fourth-order valence-corrected chi connectivity index (χ4v) is 1.52. The molecule has 0 spiro atoms. The van der Waals surface area contributed by atoms with E-state index in [2.05, 4.69) is 0 Å². The van der Waals surface area contributed by atoms with Crippen molar-refractivity contribution < 1.29 is 18.7 Å². The Hall–Kier alpha value is -0.510. The number of aliphatic hydroxyl groups excluding tert-OH is 1. The van der Waals surface area contributed by atoms with E-state index in [4.69, 9.17) is 0 Å². The summed E-state index contributed by atoms with van der Waals surface area (Å²) < 4.78 is 26.6. The average molecular weight is 236 g/mol. The highest BCUT2D eigenvalue weighted by atomic mass is 19.3. The molecule has 0 aliphatic carbocycles. The summed E-state index contributed by atoms with van der Waals surface area (Å²) in [6, 6.07) is 0. The molecule has 96 valence electrons. The van der Waals surface area contributed by atoms with Crippen LogP contribution in [0.3, 0.4) is 0 Å². The average Bonchev–Trinajstić information content (AvgIpc) is 2.24. The predicted molar refractivity (Wildman–Crippen MR) is 59.6 cm³/mol. The molecule has 0 aromatic carbocycles. The number of carbonyl (C=O) groups excluding carboxylic acids is 1. The molecule has 1 N–H and O–H groups in total. The smallest absolute Gasteiger partial charge is 0.330 e. The number of halogens is 2. The van der Waals surface area contributed by atoms with Gasteiger partial charge in [0.1, 0.15) is 6.10 Å². The standard InChI is InChI=1S/C12H22F2O2/c1-3-5-6-7-9-11(16)12(13,14)10(15)8-4-2/h10,15H,3-9H2,1-2H3. The van der Waals surface area contributed by atoms with Crippen molar-refractivity contribution in [3.63, 3.8) is 0 Å². The van der Waals surface area contributed by atoms with Crippen molar-refractivity contribution in [1.29, 1.82) is 0 Å². The summed E-state index contributed by atoms with van der Waals surface area (Å²) in [5.41, 5.74) is 0. The van der Waals surface area contributed by atoms with E-state index in [1.165, 1.54) is 0 Å². The molecule has 1 atom stereocenters. The number of hydrogen-bond acceptors (Lipinski definition) is 2. The van der Waals surface area contributed by atoms with Crippen LogP contribution in [0.15, 0.2) is 0 Å². The van der Waals surface area contributed by atoms with Gasteiger partial charge in [0.25, 0.3) is 0 Å². The minimum atomic E-state index is -3.57. The van der Waals surface area contributed by atoms with E-state index in [0.717, 1.165) is 19.3 Å². The van der Waals surface area contributed by atoms with Crippen molar-refractivity contribution in [2.24, 2.45) is 0 Å². The summed E-state index contributed by atoms with van der Waals surface area (Å²) in [7, 11) is 0. The van der Waals surface area contributed by atoms with Crippen LogP contribution in [0.2, 0.25) is 0 Å². The normalized spacial score (nSPS) is 13.8. The van der Waals surface area contributed by atoms with E-state index in [-0.39, 0.29) is 12.8 Å². The summed E-state index contributed by atoms with van der Waals surface area (Å²) >= 11 is 0. The zero-order valence-corrected chi connectivity index (χ0v) is 10.1. The molecule has 1 unspecified atom stereocenters. The molecule has 16 heavy (non-hydrogen) atoms. The van der Waals surface area contributed by atoms with Crippen molar-refractivity contribution in [1.82, 2.24) is 0 Å². The Morgan fingerprint density at radius 1 is 1.19 bits per heavy atom. The molecule has 0 aliphatic heterocycles. The lowest BCUT2D eigenvalue weighted by Crippen LogP contribution is -2.41. The molecular weight excluding hydrogens is 214 g/mol. The molecule has 0 aliphatic rings. The molecule has 0 amide bonds. The van der Waals surface area contributed by atoms with E-state index in [0.29, 0.717) is 12.8 Å². The number of alkyl halides is 2. The van der Waals surface area contributed by atoms with Gasteiger partial charge in [0.05, 0.1) is 0 Å². The minimum Gasteiger partial charge on any atom is -0.386 e. The van der Waals surface area contributed by atoms with Gasteiger partial charge in [-0.15, -0.1) is 0 Å². The van der Waals surface area contributed by atoms with E-state index in [1.807, 2.05) is 6.92 Å². The van der Waals surface area contributed by atoms with Gasteiger partial charge in [-0.05, 0) is 12.8 Å². The van der Waals surface area contributed by atoms with Crippen LogP contribution in [0.4, 0.5) is 8.78 Å². The van der Waals surface area contributed by atoms with Gasteiger partial charge in [-0.2, -0.15) is 8.78 Å². The maximum atomic E-state index is 13.3. The summed E-state index contributed by atoms with van der Waals surface area (Å²) in [4.78, 5) is 11.2. The van der Waals surface area contributed by atoms with Crippen LogP contribution >= 0.6 is 0 Å². The van der Waals surface area contributed by atoms with Gasteiger partial charge >= 0.3 is 5.92 Å². The van der Waals surface area contributed by atoms with Crippen LogP contribution in [-0.4, -0.2) is 22.9 Å². The molecule has 0 saturated heterocycles. The molecular formula is C12H22F2O2. The van der Waals surface area contributed by atoms with Crippen molar-refractivity contribution in [2.75, 3.05) is 0 Å². The van der Waals surface area contributed by atoms with Gasteiger partial charge in [-0.25, -0.2) is 0 Å². The van der Waals surface area contributed by atoms with Crippen LogP contribution in [0.1, 0.15) is 58.8 Å². The zero-order valence-electron chi connectivity index (χ0n) is 10.1. The van der Waals surface area contributed by atoms with Crippen LogP contribution in [0, 0.1) is 0 Å². The topological polar surface area (TPSA) is 37.3 Å². The largest absolute Gasteiger partial charge is 0.386 e. The number of rotatable bonds is 9. The molecule has 0 radical (unpaired) electrons. The number of hydrogen-bond donors (Lipinski definition) is 1. The van der Waals surface area contributed by atoms with Crippen LogP contribution < -0.4 is 0 Å². The number of aliphatic hydroxyl groups is 1. The Kier molecular flexibility index (Phi) is 7.47. The maximum absolute atomic E-state index is 13.3. The van der Waals surface area contributed by atoms with Crippen molar-refractivity contribution >= 4 is 5.78 Å². The highest BCUT2D eigenvalue weighted by Gasteiger charge is 2.44. The first-order valence-electron chi connectivity index (χ1n) is 6.05. The lowest BCUT2D eigenvalue weighted by molar-refractivity contribution is -0.161. The molecule has 4 heteroatoms. The zero-order chi connectivity index (χ0) is 12.6. The molecule has 0 rings (SSSR count). The third kappa shape index (κ3) is 5.01. The number of unbranched alkanes of at least 4 members (excludes halogenated alkanes) is 3. The van der Waals surface area contributed by atoms with Gasteiger partial charge in [-0.1, -0.05) is 39.5 Å². The van der Waals surface area contributed by atoms with Crippen LogP contribution in [0.25, 0.3) is 0 Å². The number of Topliss-reactive ketones (excluding diaryl/α,β-unsaturated/α-hetero) is 1. The van der Waals surface area contributed by atoms with E-state index < -0.39 is 17.8 Å². The predicted octanol–water partition coefficient (Wildman–Crippen LogP) is 3.32. The molecule has 2 nitrogen and oxygen atoms in total. The van der Waals surface area contributed by atoms with E-state index >= 15 is 0 Å². The number of ketones is 1. The van der Waals surface area contributed by atoms with Gasteiger partial charge in [-0.3, -0.25) is 4.79 Å². The molecule has 0 aromatic heterocycles. The maximum Gasteiger partial charge on any atom is 0.330 e. The highest BCUT2D eigenvalue weighted by molar-refractivity contribution is 5.86. The molecule has 0 saturated carbocycles. The van der Waals surface area contributed by atoms with Crippen LogP contribution in [0.5, 0.6) is 0 Å². The first-order valence-corrected chi connectivity index (χ1v) is 6.05. The second kappa shape index (κ2) is 7.71. The summed E-state index contributed by atoms with van der Waals surface area (Å²) in [6.45, 7) is 3.71. The molecule has 0 aromatic rings. The minimum absolute atomic E-state index is 0.0340. The van der Waals surface area contributed by atoms with Gasteiger partial charge in [0.2, 0.25) is 5.78 Å². The summed E-state index contributed by atoms with van der Waals surface area (Å²) in [5, 5.41) is 9.18. The van der Waals surface area contributed by atoms with Gasteiger partial charge < -0.3 is 5.11 Å². The van der Waals surface area contributed by atoms with E-state index in [9.17, 15) is 18.7 Å². The lowest BCUT2D eigenvalue weighted by atomic mass is 9.99. The Morgan fingerprint density at radius 2 is 1.81 bits per heavy atom. The Balaban J connectivity index is 4.03. The molecule has 0 fully saturated rings. The van der Waals surface area contributed by atoms with Crippen molar-refractivity contribution in [3.05, 3.63) is 0 Å².